The van der Waals surface area contributed by atoms with Gasteiger partial charge >= 0.3 is 0 Å². The van der Waals surface area contributed by atoms with Gasteiger partial charge in [-0.1, -0.05) is 30.3 Å². The van der Waals surface area contributed by atoms with Crippen LogP contribution in [0.4, 0.5) is 4.39 Å². The lowest BCUT2D eigenvalue weighted by molar-refractivity contribution is 0.164. The van der Waals surface area contributed by atoms with E-state index in [0.717, 1.165) is 18.4 Å². The zero-order valence-electron chi connectivity index (χ0n) is 9.40. The first kappa shape index (κ1) is 10.3. The number of alkyl halides is 1. The van der Waals surface area contributed by atoms with E-state index in [1.54, 1.807) is 0 Å². The third-order valence-corrected chi connectivity index (χ3v) is 4.04. The Labute approximate surface area is 96.1 Å². The van der Waals surface area contributed by atoms with Crippen molar-refractivity contribution >= 4 is 0 Å². The molecule has 0 radical (unpaired) electrons. The topological polar surface area (TPSA) is 12.0 Å². The quantitative estimate of drug-likeness (QED) is 0.805. The van der Waals surface area contributed by atoms with E-state index in [0.29, 0.717) is 12.1 Å². The summed E-state index contributed by atoms with van der Waals surface area (Å²) >= 11 is 0. The fourth-order valence-corrected chi connectivity index (χ4v) is 3.25. The predicted octanol–water partition coefficient (Wildman–Crippen LogP) is 3.23. The molecular weight excluding hydrogens is 201 g/mol. The van der Waals surface area contributed by atoms with Crippen molar-refractivity contribution < 1.29 is 4.39 Å². The second kappa shape index (κ2) is 4.17. The fourth-order valence-electron chi connectivity index (χ4n) is 3.25. The molecule has 2 saturated heterocycles. The smallest absolute Gasteiger partial charge is 0.128 e. The second-order valence-electron chi connectivity index (χ2n) is 5.18. The van der Waals surface area contributed by atoms with E-state index in [2.05, 4.69) is 5.32 Å². The van der Waals surface area contributed by atoms with Crippen LogP contribution in [0.15, 0.2) is 30.3 Å². The highest BCUT2D eigenvalue weighted by Gasteiger charge is 2.37. The van der Waals surface area contributed by atoms with Gasteiger partial charge in [-0.25, -0.2) is 4.39 Å². The summed E-state index contributed by atoms with van der Waals surface area (Å²) in [5, 5.41) is 3.56. The average Bonchev–Trinajstić information content (AvgIpc) is 2.68. The van der Waals surface area contributed by atoms with Crippen molar-refractivity contribution in [3.8, 4) is 0 Å². The minimum absolute atomic E-state index is 0.223. The van der Waals surface area contributed by atoms with Gasteiger partial charge in [0.05, 0.1) is 0 Å². The standard InChI is InChI=1S/C14H18FN/c15-14(10-4-2-1-3-5-10)11-8-12-6-7-13(9-11)16-12/h1-5,11-14,16H,6-9H2. The molecule has 3 rings (SSSR count). The molecule has 2 heterocycles. The van der Waals surface area contributed by atoms with Crippen LogP contribution in [-0.2, 0) is 0 Å². The van der Waals surface area contributed by atoms with E-state index < -0.39 is 6.17 Å². The minimum Gasteiger partial charge on any atom is -0.311 e. The number of piperidine rings is 1. The molecule has 0 saturated carbocycles. The van der Waals surface area contributed by atoms with Crippen molar-refractivity contribution in [1.82, 2.24) is 5.32 Å². The van der Waals surface area contributed by atoms with Gasteiger partial charge < -0.3 is 5.32 Å². The lowest BCUT2D eigenvalue weighted by Crippen LogP contribution is -2.39. The lowest BCUT2D eigenvalue weighted by Gasteiger charge is -2.31. The number of hydrogen-bond acceptors (Lipinski definition) is 1. The van der Waals surface area contributed by atoms with Crippen LogP contribution in [0.3, 0.4) is 0 Å². The van der Waals surface area contributed by atoms with Crippen LogP contribution in [0, 0.1) is 5.92 Å². The van der Waals surface area contributed by atoms with Gasteiger partial charge in [0.1, 0.15) is 6.17 Å². The molecule has 16 heavy (non-hydrogen) atoms. The number of hydrogen-bond donors (Lipinski definition) is 1. The van der Waals surface area contributed by atoms with E-state index in [9.17, 15) is 4.39 Å². The maximum absolute atomic E-state index is 14.4. The lowest BCUT2D eigenvalue weighted by atomic mass is 9.85. The van der Waals surface area contributed by atoms with Crippen molar-refractivity contribution in [2.24, 2.45) is 5.92 Å². The Kier molecular flexibility index (Phi) is 2.68. The van der Waals surface area contributed by atoms with Crippen molar-refractivity contribution in [2.75, 3.05) is 0 Å². The van der Waals surface area contributed by atoms with E-state index in [1.807, 2.05) is 30.3 Å². The van der Waals surface area contributed by atoms with Gasteiger partial charge in [-0.15, -0.1) is 0 Å². The number of halogens is 1. The van der Waals surface area contributed by atoms with Crippen LogP contribution in [0.25, 0.3) is 0 Å². The van der Waals surface area contributed by atoms with Crippen LogP contribution in [0.2, 0.25) is 0 Å². The summed E-state index contributed by atoms with van der Waals surface area (Å²) in [6, 6.07) is 10.8. The summed E-state index contributed by atoms with van der Waals surface area (Å²) in [7, 11) is 0. The summed E-state index contributed by atoms with van der Waals surface area (Å²) < 4.78 is 14.4. The molecule has 2 heteroatoms. The highest BCUT2D eigenvalue weighted by atomic mass is 19.1. The van der Waals surface area contributed by atoms with Crippen LogP contribution < -0.4 is 5.32 Å². The molecular formula is C14H18FN. The van der Waals surface area contributed by atoms with Crippen LogP contribution in [-0.4, -0.2) is 12.1 Å². The van der Waals surface area contributed by atoms with Gasteiger partial charge in [0.15, 0.2) is 0 Å². The molecule has 3 unspecified atom stereocenters. The molecule has 2 aliphatic rings. The third-order valence-electron chi connectivity index (χ3n) is 4.04. The van der Waals surface area contributed by atoms with Gasteiger partial charge in [0.25, 0.3) is 0 Å². The first-order valence-electron chi connectivity index (χ1n) is 6.28. The van der Waals surface area contributed by atoms with E-state index in [1.165, 1.54) is 12.8 Å². The summed E-state index contributed by atoms with van der Waals surface area (Å²) in [4.78, 5) is 0. The highest BCUT2D eigenvalue weighted by molar-refractivity contribution is 5.18. The molecule has 2 fully saturated rings. The first-order valence-corrected chi connectivity index (χ1v) is 6.28. The van der Waals surface area contributed by atoms with Gasteiger partial charge in [-0.2, -0.15) is 0 Å². The summed E-state index contributed by atoms with van der Waals surface area (Å²) in [6.07, 6.45) is 3.72. The van der Waals surface area contributed by atoms with Crippen molar-refractivity contribution in [3.05, 3.63) is 35.9 Å². The summed E-state index contributed by atoms with van der Waals surface area (Å²) in [5.74, 6) is 0.223. The van der Waals surface area contributed by atoms with Gasteiger partial charge in [0.2, 0.25) is 0 Å². The van der Waals surface area contributed by atoms with Crippen molar-refractivity contribution in [3.63, 3.8) is 0 Å². The van der Waals surface area contributed by atoms with E-state index >= 15 is 0 Å². The molecule has 1 N–H and O–H groups in total. The molecule has 0 aliphatic carbocycles. The molecule has 1 aromatic carbocycles. The van der Waals surface area contributed by atoms with Gasteiger partial charge in [0, 0.05) is 12.1 Å². The number of rotatable bonds is 2. The maximum Gasteiger partial charge on any atom is 0.128 e. The average molecular weight is 219 g/mol. The highest BCUT2D eigenvalue weighted by Crippen LogP contribution is 2.39. The molecule has 0 spiro atoms. The van der Waals surface area contributed by atoms with Crippen LogP contribution in [0.1, 0.15) is 37.4 Å². The van der Waals surface area contributed by atoms with Crippen LogP contribution in [0.5, 0.6) is 0 Å². The van der Waals surface area contributed by atoms with Gasteiger partial charge in [-0.3, -0.25) is 0 Å². The summed E-state index contributed by atoms with van der Waals surface area (Å²) in [5.41, 5.74) is 0.855. The Balaban J connectivity index is 1.73. The molecule has 3 atom stereocenters. The Morgan fingerprint density at radius 1 is 1.06 bits per heavy atom. The molecule has 0 amide bonds. The van der Waals surface area contributed by atoms with E-state index in [-0.39, 0.29) is 5.92 Å². The van der Waals surface area contributed by atoms with Gasteiger partial charge in [-0.05, 0) is 37.2 Å². The zero-order valence-corrected chi connectivity index (χ0v) is 9.40. The first-order chi connectivity index (χ1) is 7.83. The molecule has 86 valence electrons. The second-order valence-corrected chi connectivity index (χ2v) is 5.18. The minimum atomic E-state index is -0.772. The third kappa shape index (κ3) is 1.86. The maximum atomic E-state index is 14.4. The molecule has 0 aromatic heterocycles. The Hall–Kier alpha value is -0.890. The van der Waals surface area contributed by atoms with Crippen LogP contribution >= 0.6 is 0 Å². The number of benzene rings is 1. The zero-order chi connectivity index (χ0) is 11.0. The Morgan fingerprint density at radius 2 is 1.69 bits per heavy atom. The fraction of sp³-hybridized carbons (Fsp3) is 0.571. The molecule has 1 aromatic rings. The largest absolute Gasteiger partial charge is 0.311 e. The van der Waals surface area contributed by atoms with Crippen molar-refractivity contribution in [1.29, 1.82) is 0 Å². The number of fused-ring (bicyclic) bond motifs is 2. The molecule has 1 nitrogen and oxygen atoms in total. The van der Waals surface area contributed by atoms with E-state index in [4.69, 9.17) is 0 Å². The normalized spacial score (nSPS) is 34.9. The Bertz CT molecular complexity index is 339. The SMILES string of the molecule is FC(c1ccccc1)C1CC2CCC(C1)N2. The predicted molar refractivity (Wildman–Crippen MR) is 63.0 cm³/mol. The monoisotopic (exact) mass is 219 g/mol. The summed E-state index contributed by atoms with van der Waals surface area (Å²) in [6.45, 7) is 0. The molecule has 2 aliphatic heterocycles. The number of nitrogens with one attached hydrogen (secondary N) is 1. The Morgan fingerprint density at radius 3 is 2.31 bits per heavy atom. The molecule has 2 bridgehead atoms. The van der Waals surface area contributed by atoms with Crippen molar-refractivity contribution in [2.45, 2.75) is 43.9 Å².